The third kappa shape index (κ3) is 4.82. The van der Waals surface area contributed by atoms with Crippen LogP contribution in [-0.2, 0) is 11.3 Å². The summed E-state index contributed by atoms with van der Waals surface area (Å²) in [7, 11) is 0. The Kier molecular flexibility index (Phi) is 5.83. The van der Waals surface area contributed by atoms with E-state index in [0.29, 0.717) is 12.2 Å². The summed E-state index contributed by atoms with van der Waals surface area (Å²) in [6, 6.07) is 11.3. The Bertz CT molecular complexity index is 649. The van der Waals surface area contributed by atoms with Crippen LogP contribution in [0.25, 0.3) is 0 Å². The predicted octanol–water partition coefficient (Wildman–Crippen LogP) is 1.92. The first-order valence-electron chi connectivity index (χ1n) is 8.28. The zero-order valence-electron chi connectivity index (χ0n) is 13.7. The molecule has 24 heavy (non-hydrogen) atoms. The van der Waals surface area contributed by atoms with Gasteiger partial charge in [0.15, 0.2) is 0 Å². The zero-order chi connectivity index (χ0) is 16.6. The van der Waals surface area contributed by atoms with Gasteiger partial charge in [-0.15, -0.1) is 0 Å². The van der Waals surface area contributed by atoms with Gasteiger partial charge in [0.1, 0.15) is 5.75 Å². The van der Waals surface area contributed by atoms with Crippen LogP contribution in [0.2, 0.25) is 0 Å². The van der Waals surface area contributed by atoms with E-state index in [1.165, 1.54) is 0 Å². The van der Waals surface area contributed by atoms with Gasteiger partial charge in [0.25, 0.3) is 0 Å². The molecule has 1 saturated heterocycles. The Morgan fingerprint density at radius 2 is 2.21 bits per heavy atom. The topological polar surface area (TPSA) is 63.3 Å². The number of nitrogens with zero attached hydrogens (tertiary/aromatic N) is 4. The van der Waals surface area contributed by atoms with Crippen molar-refractivity contribution >= 4 is 0 Å². The third-order valence-electron chi connectivity index (χ3n) is 4.04. The molecule has 0 saturated carbocycles. The lowest BCUT2D eigenvalue weighted by atomic mass is 10.2. The van der Waals surface area contributed by atoms with E-state index in [2.05, 4.69) is 16.1 Å². The van der Waals surface area contributed by atoms with Crippen molar-refractivity contribution in [3.8, 4) is 11.8 Å². The monoisotopic (exact) mass is 326 g/mol. The number of morpholine rings is 1. The van der Waals surface area contributed by atoms with Crippen LogP contribution in [-0.4, -0.2) is 53.6 Å². The van der Waals surface area contributed by atoms with Gasteiger partial charge in [0.2, 0.25) is 0 Å². The minimum Gasteiger partial charge on any atom is -0.494 e. The van der Waals surface area contributed by atoms with Gasteiger partial charge in [0, 0.05) is 32.0 Å². The lowest BCUT2D eigenvalue weighted by molar-refractivity contribution is -0.0383. The largest absolute Gasteiger partial charge is 0.494 e. The zero-order valence-corrected chi connectivity index (χ0v) is 13.7. The highest BCUT2D eigenvalue weighted by Crippen LogP contribution is 2.12. The molecule has 6 heteroatoms. The van der Waals surface area contributed by atoms with Crippen molar-refractivity contribution in [1.82, 2.24) is 14.7 Å². The van der Waals surface area contributed by atoms with Crippen LogP contribution in [0, 0.1) is 11.3 Å². The molecule has 0 aliphatic carbocycles. The first kappa shape index (κ1) is 16.5. The smallest absolute Gasteiger partial charge is 0.119 e. The van der Waals surface area contributed by atoms with Crippen LogP contribution in [0.15, 0.2) is 42.7 Å². The molecule has 1 fully saturated rings. The van der Waals surface area contributed by atoms with Crippen LogP contribution in [0.4, 0.5) is 0 Å². The molecule has 1 aliphatic rings. The fraction of sp³-hybridized carbons (Fsp3) is 0.444. The second kappa shape index (κ2) is 8.48. The minimum absolute atomic E-state index is 0.193. The standard InChI is InChI=1S/C18H22N4O2/c19-13-16-3-5-17(6-4-16)23-11-2-8-21-10-12-24-18(14-21)15-22-9-1-7-20-22/h1,3-7,9,18H,2,8,10-12,14-15H2/t18-/m1/s1. The molecule has 1 aromatic heterocycles. The number of aromatic nitrogens is 2. The number of ether oxygens (including phenoxy) is 2. The van der Waals surface area contributed by atoms with Gasteiger partial charge in [-0.1, -0.05) is 0 Å². The first-order chi connectivity index (χ1) is 11.8. The van der Waals surface area contributed by atoms with Gasteiger partial charge in [0.05, 0.1) is 37.5 Å². The molecule has 1 aliphatic heterocycles. The van der Waals surface area contributed by atoms with E-state index in [0.717, 1.165) is 45.0 Å². The molecule has 1 atom stereocenters. The summed E-state index contributed by atoms with van der Waals surface area (Å²) < 4.78 is 13.5. The maximum atomic E-state index is 8.78. The summed E-state index contributed by atoms with van der Waals surface area (Å²) in [5.74, 6) is 0.813. The average molecular weight is 326 g/mol. The molecule has 0 radical (unpaired) electrons. The Morgan fingerprint density at radius 3 is 2.96 bits per heavy atom. The highest BCUT2D eigenvalue weighted by atomic mass is 16.5. The van der Waals surface area contributed by atoms with Gasteiger partial charge in [-0.3, -0.25) is 9.58 Å². The molecule has 0 N–H and O–H groups in total. The first-order valence-corrected chi connectivity index (χ1v) is 8.28. The maximum Gasteiger partial charge on any atom is 0.119 e. The van der Waals surface area contributed by atoms with E-state index in [1.807, 2.05) is 29.1 Å². The van der Waals surface area contributed by atoms with Crippen LogP contribution < -0.4 is 4.74 Å². The molecule has 1 aromatic carbocycles. The highest BCUT2D eigenvalue weighted by Gasteiger charge is 2.20. The molecule has 0 bridgehead atoms. The van der Waals surface area contributed by atoms with Crippen molar-refractivity contribution in [1.29, 1.82) is 5.26 Å². The van der Waals surface area contributed by atoms with E-state index in [9.17, 15) is 0 Å². The number of nitriles is 1. The van der Waals surface area contributed by atoms with Crippen LogP contribution >= 0.6 is 0 Å². The SMILES string of the molecule is N#Cc1ccc(OCCCN2CCO[C@@H](Cn3cccn3)C2)cc1. The fourth-order valence-corrected chi connectivity index (χ4v) is 2.81. The van der Waals surface area contributed by atoms with Gasteiger partial charge in [-0.25, -0.2) is 0 Å². The van der Waals surface area contributed by atoms with E-state index in [1.54, 1.807) is 18.3 Å². The van der Waals surface area contributed by atoms with Crippen molar-refractivity contribution < 1.29 is 9.47 Å². The van der Waals surface area contributed by atoms with Crippen molar-refractivity contribution in [2.24, 2.45) is 0 Å². The molecule has 0 amide bonds. The van der Waals surface area contributed by atoms with Crippen molar-refractivity contribution in [3.05, 3.63) is 48.3 Å². The summed E-state index contributed by atoms with van der Waals surface area (Å²) in [5, 5.41) is 13.0. The Labute approximate surface area is 142 Å². The van der Waals surface area contributed by atoms with E-state index < -0.39 is 0 Å². The van der Waals surface area contributed by atoms with Gasteiger partial charge in [-0.05, 0) is 36.8 Å². The molecule has 2 heterocycles. The molecule has 2 aromatic rings. The lowest BCUT2D eigenvalue weighted by Crippen LogP contribution is -2.44. The molecule has 126 valence electrons. The lowest BCUT2D eigenvalue weighted by Gasteiger charge is -2.32. The third-order valence-corrected chi connectivity index (χ3v) is 4.04. The predicted molar refractivity (Wildman–Crippen MR) is 89.7 cm³/mol. The summed E-state index contributed by atoms with van der Waals surface area (Å²) in [6.07, 6.45) is 4.92. The second-order valence-electron chi connectivity index (χ2n) is 5.86. The fourth-order valence-electron chi connectivity index (χ4n) is 2.81. The van der Waals surface area contributed by atoms with E-state index >= 15 is 0 Å². The second-order valence-corrected chi connectivity index (χ2v) is 5.86. The molecule has 6 nitrogen and oxygen atoms in total. The molecule has 3 rings (SSSR count). The van der Waals surface area contributed by atoms with E-state index in [4.69, 9.17) is 14.7 Å². The summed E-state index contributed by atoms with van der Waals surface area (Å²) in [4.78, 5) is 2.42. The number of rotatable bonds is 7. The number of hydrogen-bond donors (Lipinski definition) is 0. The minimum atomic E-state index is 0.193. The summed E-state index contributed by atoms with van der Waals surface area (Å²) in [5.41, 5.74) is 0.652. The Morgan fingerprint density at radius 1 is 1.33 bits per heavy atom. The average Bonchev–Trinajstić information content (AvgIpc) is 3.13. The maximum absolute atomic E-state index is 8.78. The van der Waals surface area contributed by atoms with Crippen LogP contribution in [0.3, 0.4) is 0 Å². The van der Waals surface area contributed by atoms with Crippen molar-refractivity contribution in [3.63, 3.8) is 0 Å². The Hall–Kier alpha value is -2.36. The Balaban J connectivity index is 1.36. The quantitative estimate of drug-likeness (QED) is 0.728. The molecule has 0 unspecified atom stereocenters. The number of benzene rings is 1. The highest BCUT2D eigenvalue weighted by molar-refractivity contribution is 5.34. The van der Waals surface area contributed by atoms with Crippen molar-refractivity contribution in [2.45, 2.75) is 19.1 Å². The van der Waals surface area contributed by atoms with Crippen molar-refractivity contribution in [2.75, 3.05) is 32.8 Å². The summed E-state index contributed by atoms with van der Waals surface area (Å²) in [6.45, 7) is 5.12. The van der Waals surface area contributed by atoms with Crippen LogP contribution in [0.1, 0.15) is 12.0 Å². The van der Waals surface area contributed by atoms with Gasteiger partial charge < -0.3 is 9.47 Å². The number of hydrogen-bond acceptors (Lipinski definition) is 5. The molecular formula is C18H22N4O2. The normalized spacial score (nSPS) is 18.2. The summed E-state index contributed by atoms with van der Waals surface area (Å²) >= 11 is 0. The van der Waals surface area contributed by atoms with Crippen LogP contribution in [0.5, 0.6) is 5.75 Å². The van der Waals surface area contributed by atoms with Gasteiger partial charge in [-0.2, -0.15) is 10.4 Å². The van der Waals surface area contributed by atoms with E-state index in [-0.39, 0.29) is 6.10 Å². The molecular weight excluding hydrogens is 304 g/mol. The van der Waals surface area contributed by atoms with Gasteiger partial charge >= 0.3 is 0 Å². The molecule has 0 spiro atoms.